The van der Waals surface area contributed by atoms with Crippen LogP contribution in [0.4, 0.5) is 0 Å². The summed E-state index contributed by atoms with van der Waals surface area (Å²) >= 11 is 1.64. The second-order valence-electron chi connectivity index (χ2n) is 4.08. The van der Waals surface area contributed by atoms with Crippen molar-refractivity contribution in [3.8, 4) is 0 Å². The van der Waals surface area contributed by atoms with E-state index in [1.807, 2.05) is 11.6 Å². The van der Waals surface area contributed by atoms with Crippen molar-refractivity contribution in [3.05, 3.63) is 16.6 Å². The summed E-state index contributed by atoms with van der Waals surface area (Å²) in [5.74, 6) is 1.35. The Morgan fingerprint density at radius 1 is 1.60 bits per heavy atom. The summed E-state index contributed by atoms with van der Waals surface area (Å²) in [6.45, 7) is 2.06. The number of hydrogen-bond donors (Lipinski definition) is 1. The van der Waals surface area contributed by atoms with Crippen LogP contribution in [0.2, 0.25) is 0 Å². The molecule has 82 valence electrons. The first-order chi connectivity index (χ1) is 7.27. The number of aromatic nitrogens is 1. The Bertz CT molecular complexity index is 326. The van der Waals surface area contributed by atoms with E-state index in [2.05, 4.69) is 16.9 Å². The van der Waals surface area contributed by atoms with Crippen LogP contribution in [0, 0.1) is 5.92 Å². The van der Waals surface area contributed by atoms with Gasteiger partial charge in [0.1, 0.15) is 11.0 Å². The van der Waals surface area contributed by atoms with Gasteiger partial charge in [0.25, 0.3) is 0 Å². The Kier molecular flexibility index (Phi) is 3.36. The molecule has 2 N–H and O–H groups in total. The van der Waals surface area contributed by atoms with E-state index in [9.17, 15) is 0 Å². The minimum Gasteiger partial charge on any atom is -0.387 e. The molecule has 1 heterocycles. The van der Waals surface area contributed by atoms with Gasteiger partial charge in [0.2, 0.25) is 0 Å². The van der Waals surface area contributed by atoms with Gasteiger partial charge in [-0.2, -0.15) is 0 Å². The van der Waals surface area contributed by atoms with Crippen LogP contribution in [0.25, 0.3) is 0 Å². The Hall–Kier alpha value is -0.900. The average Bonchev–Trinajstić information content (AvgIpc) is 2.91. The predicted octanol–water partition coefficient (Wildman–Crippen LogP) is 2.75. The summed E-state index contributed by atoms with van der Waals surface area (Å²) in [6, 6.07) is 0.116. The molecule has 1 fully saturated rings. The van der Waals surface area contributed by atoms with Crippen molar-refractivity contribution in [1.29, 1.82) is 0 Å². The first-order valence-electron chi connectivity index (χ1n) is 5.50. The van der Waals surface area contributed by atoms with E-state index in [1.54, 1.807) is 11.3 Å². The Labute approximate surface area is 94.4 Å². The van der Waals surface area contributed by atoms with Crippen LogP contribution >= 0.6 is 11.3 Å². The fourth-order valence-electron chi connectivity index (χ4n) is 2.05. The molecule has 0 aromatic carbocycles. The SMILES string of the molecule is CC(N=C(N)C1CCCC1)c1nccs1. The number of nitrogens with zero attached hydrogens (tertiary/aromatic N) is 2. The van der Waals surface area contributed by atoms with Gasteiger partial charge in [0.15, 0.2) is 0 Å². The normalized spacial score (nSPS) is 20.7. The van der Waals surface area contributed by atoms with Gasteiger partial charge in [0, 0.05) is 17.5 Å². The lowest BCUT2D eigenvalue weighted by molar-refractivity contribution is 0.698. The van der Waals surface area contributed by atoms with Gasteiger partial charge in [-0.15, -0.1) is 11.3 Å². The Morgan fingerprint density at radius 3 is 2.93 bits per heavy atom. The van der Waals surface area contributed by atoms with E-state index in [0.29, 0.717) is 5.92 Å². The molecule has 0 saturated heterocycles. The molecular formula is C11H17N3S. The summed E-state index contributed by atoms with van der Waals surface area (Å²) in [5.41, 5.74) is 6.01. The van der Waals surface area contributed by atoms with Crippen molar-refractivity contribution in [3.63, 3.8) is 0 Å². The zero-order valence-electron chi connectivity index (χ0n) is 9.02. The molecular weight excluding hydrogens is 206 g/mol. The van der Waals surface area contributed by atoms with Gasteiger partial charge in [-0.05, 0) is 19.8 Å². The van der Waals surface area contributed by atoms with E-state index < -0.39 is 0 Å². The van der Waals surface area contributed by atoms with E-state index in [-0.39, 0.29) is 6.04 Å². The molecule has 1 aromatic rings. The first kappa shape index (κ1) is 10.6. The van der Waals surface area contributed by atoms with Crippen molar-refractivity contribution in [1.82, 2.24) is 4.98 Å². The Morgan fingerprint density at radius 2 is 2.33 bits per heavy atom. The highest BCUT2D eigenvalue weighted by atomic mass is 32.1. The zero-order chi connectivity index (χ0) is 10.7. The summed E-state index contributed by atoms with van der Waals surface area (Å²) in [7, 11) is 0. The maximum Gasteiger partial charge on any atom is 0.117 e. The number of rotatable bonds is 3. The van der Waals surface area contributed by atoms with Crippen LogP contribution < -0.4 is 5.73 Å². The van der Waals surface area contributed by atoms with Crippen LogP contribution in [0.15, 0.2) is 16.6 Å². The van der Waals surface area contributed by atoms with Crippen molar-refractivity contribution in [2.45, 2.75) is 38.6 Å². The third-order valence-corrected chi connectivity index (χ3v) is 3.87. The summed E-state index contributed by atoms with van der Waals surface area (Å²) in [4.78, 5) is 8.80. The van der Waals surface area contributed by atoms with Gasteiger partial charge in [-0.3, -0.25) is 4.99 Å². The molecule has 0 amide bonds. The van der Waals surface area contributed by atoms with Gasteiger partial charge in [-0.25, -0.2) is 4.98 Å². The van der Waals surface area contributed by atoms with Gasteiger partial charge >= 0.3 is 0 Å². The fourth-order valence-corrected chi connectivity index (χ4v) is 2.68. The van der Waals surface area contributed by atoms with E-state index in [4.69, 9.17) is 5.73 Å². The van der Waals surface area contributed by atoms with Crippen molar-refractivity contribution in [2.24, 2.45) is 16.6 Å². The van der Waals surface area contributed by atoms with Crippen molar-refractivity contribution in [2.75, 3.05) is 0 Å². The van der Waals surface area contributed by atoms with Gasteiger partial charge in [-0.1, -0.05) is 12.8 Å². The molecule has 0 bridgehead atoms. The molecule has 3 nitrogen and oxygen atoms in total. The van der Waals surface area contributed by atoms with E-state index >= 15 is 0 Å². The second kappa shape index (κ2) is 4.75. The molecule has 4 heteroatoms. The van der Waals surface area contributed by atoms with Crippen LogP contribution in [0.3, 0.4) is 0 Å². The number of nitrogens with two attached hydrogens (primary N) is 1. The van der Waals surface area contributed by atoms with Gasteiger partial charge in [0.05, 0.1) is 5.84 Å². The largest absolute Gasteiger partial charge is 0.387 e. The third-order valence-electron chi connectivity index (χ3n) is 2.92. The maximum absolute atomic E-state index is 6.01. The lowest BCUT2D eigenvalue weighted by atomic mass is 10.1. The highest BCUT2D eigenvalue weighted by Crippen LogP contribution is 2.26. The summed E-state index contributed by atoms with van der Waals surface area (Å²) < 4.78 is 0. The number of aliphatic imine (C=N–C) groups is 1. The lowest BCUT2D eigenvalue weighted by Crippen LogP contribution is -2.22. The molecule has 1 aliphatic carbocycles. The minimum absolute atomic E-state index is 0.116. The second-order valence-corrected chi connectivity index (χ2v) is 5.01. The standard InChI is InChI=1S/C11H17N3S/c1-8(11-13-6-7-15-11)14-10(12)9-4-2-3-5-9/h6-9H,2-5H2,1H3,(H2,12,14). The van der Waals surface area contributed by atoms with Gasteiger partial charge < -0.3 is 5.73 Å². The summed E-state index contributed by atoms with van der Waals surface area (Å²) in [5, 5.41) is 3.03. The number of thiazole rings is 1. The molecule has 1 aromatic heterocycles. The third kappa shape index (κ3) is 2.56. The zero-order valence-corrected chi connectivity index (χ0v) is 9.83. The number of amidine groups is 1. The van der Waals surface area contributed by atoms with Crippen LogP contribution in [-0.2, 0) is 0 Å². The monoisotopic (exact) mass is 223 g/mol. The highest BCUT2D eigenvalue weighted by Gasteiger charge is 2.19. The van der Waals surface area contributed by atoms with E-state index in [0.717, 1.165) is 10.8 Å². The fraction of sp³-hybridized carbons (Fsp3) is 0.636. The Balaban J connectivity index is 2.02. The first-order valence-corrected chi connectivity index (χ1v) is 6.38. The molecule has 2 rings (SSSR count). The van der Waals surface area contributed by atoms with Crippen molar-refractivity contribution < 1.29 is 0 Å². The average molecular weight is 223 g/mol. The molecule has 0 spiro atoms. The molecule has 0 aliphatic heterocycles. The topological polar surface area (TPSA) is 51.3 Å². The van der Waals surface area contributed by atoms with Crippen LogP contribution in [-0.4, -0.2) is 10.8 Å². The highest BCUT2D eigenvalue weighted by molar-refractivity contribution is 7.09. The summed E-state index contributed by atoms with van der Waals surface area (Å²) in [6.07, 6.45) is 6.83. The number of hydrogen-bond acceptors (Lipinski definition) is 3. The van der Waals surface area contributed by atoms with Crippen LogP contribution in [0.5, 0.6) is 0 Å². The smallest absolute Gasteiger partial charge is 0.117 e. The predicted molar refractivity (Wildman–Crippen MR) is 64.1 cm³/mol. The van der Waals surface area contributed by atoms with E-state index in [1.165, 1.54) is 25.7 Å². The molecule has 15 heavy (non-hydrogen) atoms. The molecule has 1 saturated carbocycles. The molecule has 1 atom stereocenters. The molecule has 1 aliphatic rings. The van der Waals surface area contributed by atoms with Crippen LogP contribution in [0.1, 0.15) is 43.7 Å². The molecule has 1 unspecified atom stereocenters. The molecule has 0 radical (unpaired) electrons. The maximum atomic E-state index is 6.01. The van der Waals surface area contributed by atoms with Crippen molar-refractivity contribution >= 4 is 17.2 Å². The minimum atomic E-state index is 0.116. The lowest BCUT2D eigenvalue weighted by Gasteiger charge is -2.10. The quantitative estimate of drug-likeness (QED) is 0.632.